The predicted molar refractivity (Wildman–Crippen MR) is 79.3 cm³/mol. The smallest absolute Gasteiger partial charge is 0.410 e. The normalized spacial score (nSPS) is 20.5. The summed E-state index contributed by atoms with van der Waals surface area (Å²) in [6.45, 7) is 2.01. The Morgan fingerprint density at radius 2 is 2.14 bits per heavy atom. The average molecular weight is 304 g/mol. The highest BCUT2D eigenvalue weighted by atomic mass is 16.6. The van der Waals surface area contributed by atoms with Gasteiger partial charge in [-0.15, -0.1) is 0 Å². The second-order valence-electron chi connectivity index (χ2n) is 5.72. The number of rotatable bonds is 4. The molecule has 1 unspecified atom stereocenters. The van der Waals surface area contributed by atoms with E-state index in [4.69, 9.17) is 9.47 Å². The maximum absolute atomic E-state index is 12.2. The van der Waals surface area contributed by atoms with Crippen LogP contribution in [0.3, 0.4) is 0 Å². The van der Waals surface area contributed by atoms with Gasteiger partial charge in [0.15, 0.2) is 0 Å². The molecule has 0 bridgehead atoms. The second-order valence-corrected chi connectivity index (χ2v) is 5.72. The van der Waals surface area contributed by atoms with E-state index < -0.39 is 6.09 Å². The Kier molecular flexibility index (Phi) is 4.29. The lowest BCUT2D eigenvalue weighted by Gasteiger charge is -2.29. The maximum Gasteiger partial charge on any atom is 0.410 e. The van der Waals surface area contributed by atoms with Gasteiger partial charge in [-0.2, -0.15) is 0 Å². The Morgan fingerprint density at radius 3 is 2.86 bits per heavy atom. The molecule has 0 radical (unpaired) electrons. The molecule has 22 heavy (non-hydrogen) atoms. The Labute approximate surface area is 129 Å². The Hall–Kier alpha value is -2.08. The van der Waals surface area contributed by atoms with Gasteiger partial charge in [-0.3, -0.25) is 9.69 Å². The van der Waals surface area contributed by atoms with E-state index in [9.17, 15) is 9.59 Å². The molecule has 6 heteroatoms. The van der Waals surface area contributed by atoms with Gasteiger partial charge in [0.05, 0.1) is 19.3 Å². The van der Waals surface area contributed by atoms with Crippen molar-refractivity contribution in [1.82, 2.24) is 9.80 Å². The fraction of sp³-hybridized carbons (Fsp3) is 0.500. The van der Waals surface area contributed by atoms with Gasteiger partial charge in [0.25, 0.3) is 0 Å². The van der Waals surface area contributed by atoms with E-state index in [1.807, 2.05) is 12.1 Å². The number of nitrogens with zero attached hydrogens (tertiary/aromatic N) is 2. The number of amides is 2. The summed E-state index contributed by atoms with van der Waals surface area (Å²) in [5, 5.41) is 0. The van der Waals surface area contributed by atoms with Crippen molar-refractivity contribution in [2.45, 2.75) is 19.1 Å². The molecule has 6 nitrogen and oxygen atoms in total. The molecule has 3 rings (SSSR count). The molecule has 1 aromatic rings. The van der Waals surface area contributed by atoms with E-state index >= 15 is 0 Å². The quantitative estimate of drug-likeness (QED) is 0.834. The highest BCUT2D eigenvalue weighted by Crippen LogP contribution is 2.20. The topological polar surface area (TPSA) is 59.1 Å². The van der Waals surface area contributed by atoms with Crippen LogP contribution in [0.1, 0.15) is 11.1 Å². The van der Waals surface area contributed by atoms with Crippen molar-refractivity contribution >= 4 is 12.0 Å². The minimum atomic E-state index is -0.412. The van der Waals surface area contributed by atoms with Gasteiger partial charge in [0.1, 0.15) is 13.2 Å². The van der Waals surface area contributed by atoms with Gasteiger partial charge in [0, 0.05) is 20.0 Å². The fourth-order valence-corrected chi connectivity index (χ4v) is 2.79. The molecule has 0 N–H and O–H groups in total. The minimum Gasteiger partial charge on any atom is -0.448 e. The van der Waals surface area contributed by atoms with E-state index in [0.29, 0.717) is 26.3 Å². The Balaban J connectivity index is 1.52. The van der Waals surface area contributed by atoms with E-state index in [-0.39, 0.29) is 18.6 Å². The van der Waals surface area contributed by atoms with E-state index in [2.05, 4.69) is 12.1 Å². The SMILES string of the molecule is CN(CC1Cc2ccccc2CO1)C(=O)CN1CCOC1=O. The highest BCUT2D eigenvalue weighted by Gasteiger charge is 2.27. The molecule has 1 saturated heterocycles. The lowest BCUT2D eigenvalue weighted by molar-refractivity contribution is -0.132. The van der Waals surface area contributed by atoms with Crippen molar-refractivity contribution in [2.24, 2.45) is 0 Å². The van der Waals surface area contributed by atoms with Gasteiger partial charge in [-0.1, -0.05) is 24.3 Å². The van der Waals surface area contributed by atoms with Crippen LogP contribution in [0.15, 0.2) is 24.3 Å². The van der Waals surface area contributed by atoms with Crippen molar-refractivity contribution in [3.63, 3.8) is 0 Å². The molecule has 118 valence electrons. The summed E-state index contributed by atoms with van der Waals surface area (Å²) < 4.78 is 10.6. The molecular weight excluding hydrogens is 284 g/mol. The number of benzene rings is 1. The number of likely N-dealkylation sites (N-methyl/N-ethyl adjacent to an activating group) is 1. The zero-order valence-electron chi connectivity index (χ0n) is 12.7. The lowest BCUT2D eigenvalue weighted by atomic mass is 9.99. The van der Waals surface area contributed by atoms with Gasteiger partial charge in [-0.25, -0.2) is 4.79 Å². The maximum atomic E-state index is 12.2. The van der Waals surface area contributed by atoms with Crippen LogP contribution in [-0.2, 0) is 27.3 Å². The third-order valence-corrected chi connectivity index (χ3v) is 4.11. The van der Waals surface area contributed by atoms with Crippen LogP contribution in [-0.4, -0.2) is 61.2 Å². The van der Waals surface area contributed by atoms with Gasteiger partial charge >= 0.3 is 6.09 Å². The van der Waals surface area contributed by atoms with Crippen molar-refractivity contribution in [1.29, 1.82) is 0 Å². The van der Waals surface area contributed by atoms with Crippen LogP contribution in [0.5, 0.6) is 0 Å². The summed E-state index contributed by atoms with van der Waals surface area (Å²) in [6, 6.07) is 8.20. The first-order valence-corrected chi connectivity index (χ1v) is 7.47. The summed E-state index contributed by atoms with van der Waals surface area (Å²) >= 11 is 0. The van der Waals surface area contributed by atoms with E-state index in [1.165, 1.54) is 16.0 Å². The number of fused-ring (bicyclic) bond motifs is 1. The third-order valence-electron chi connectivity index (χ3n) is 4.11. The molecule has 1 fully saturated rings. The molecule has 2 amide bonds. The van der Waals surface area contributed by atoms with E-state index in [1.54, 1.807) is 11.9 Å². The highest BCUT2D eigenvalue weighted by molar-refractivity contribution is 5.82. The second kappa shape index (κ2) is 6.36. The summed E-state index contributed by atoms with van der Waals surface area (Å²) in [5.41, 5.74) is 2.50. The predicted octanol–water partition coefficient (Wildman–Crippen LogP) is 1.04. The van der Waals surface area contributed by atoms with Crippen LogP contribution >= 0.6 is 0 Å². The number of ether oxygens (including phenoxy) is 2. The summed E-state index contributed by atoms with van der Waals surface area (Å²) in [7, 11) is 1.74. The average Bonchev–Trinajstić information content (AvgIpc) is 2.92. The van der Waals surface area contributed by atoms with Gasteiger partial charge in [0.2, 0.25) is 5.91 Å². The monoisotopic (exact) mass is 304 g/mol. The molecule has 2 aliphatic heterocycles. The van der Waals surface area contributed by atoms with Crippen LogP contribution in [0.2, 0.25) is 0 Å². The molecule has 1 atom stereocenters. The largest absolute Gasteiger partial charge is 0.448 e. The Bertz CT molecular complexity index is 575. The van der Waals surface area contributed by atoms with Crippen LogP contribution < -0.4 is 0 Å². The number of carbonyl (C=O) groups excluding carboxylic acids is 2. The molecular formula is C16H20N2O4. The molecule has 0 aliphatic carbocycles. The molecule has 0 aromatic heterocycles. The van der Waals surface area contributed by atoms with Gasteiger partial charge in [-0.05, 0) is 11.1 Å². The Morgan fingerprint density at radius 1 is 1.36 bits per heavy atom. The zero-order valence-corrected chi connectivity index (χ0v) is 12.7. The number of cyclic esters (lactones) is 1. The minimum absolute atomic E-state index is 0.00520. The van der Waals surface area contributed by atoms with Crippen molar-refractivity contribution < 1.29 is 19.1 Å². The molecule has 2 aliphatic rings. The van der Waals surface area contributed by atoms with Crippen LogP contribution in [0, 0.1) is 0 Å². The third kappa shape index (κ3) is 3.22. The first-order chi connectivity index (χ1) is 10.6. The zero-order chi connectivity index (χ0) is 15.5. The number of carbonyl (C=O) groups is 2. The van der Waals surface area contributed by atoms with E-state index in [0.717, 1.165) is 6.42 Å². The summed E-state index contributed by atoms with van der Waals surface area (Å²) in [5.74, 6) is -0.0960. The summed E-state index contributed by atoms with van der Waals surface area (Å²) in [6.07, 6.45) is 0.387. The van der Waals surface area contributed by atoms with Crippen LogP contribution in [0.4, 0.5) is 4.79 Å². The van der Waals surface area contributed by atoms with Crippen molar-refractivity contribution in [2.75, 3.05) is 33.3 Å². The molecule has 1 aromatic carbocycles. The summed E-state index contributed by atoms with van der Waals surface area (Å²) in [4.78, 5) is 26.6. The molecule has 0 saturated carbocycles. The van der Waals surface area contributed by atoms with Crippen LogP contribution in [0.25, 0.3) is 0 Å². The van der Waals surface area contributed by atoms with Gasteiger partial charge < -0.3 is 14.4 Å². The van der Waals surface area contributed by atoms with Crippen molar-refractivity contribution in [3.05, 3.63) is 35.4 Å². The number of hydrogen-bond acceptors (Lipinski definition) is 4. The first kappa shape index (κ1) is 14.8. The standard InChI is InChI=1S/C16H20N2O4/c1-17(15(19)10-18-6-7-21-16(18)20)9-14-8-12-4-2-3-5-13(12)11-22-14/h2-5,14H,6-11H2,1H3. The fourth-order valence-electron chi connectivity index (χ4n) is 2.79. The van der Waals surface area contributed by atoms with Crippen molar-refractivity contribution in [3.8, 4) is 0 Å². The lowest BCUT2D eigenvalue weighted by Crippen LogP contribution is -2.43. The molecule has 2 heterocycles. The first-order valence-electron chi connectivity index (χ1n) is 7.47. The number of hydrogen-bond donors (Lipinski definition) is 0. The molecule has 0 spiro atoms.